The van der Waals surface area contributed by atoms with Crippen LogP contribution in [0.1, 0.15) is 11.5 Å². The molecule has 0 spiro atoms. The maximum atomic E-state index is 5.02. The van der Waals surface area contributed by atoms with Gasteiger partial charge in [0.15, 0.2) is 0 Å². The molecule has 0 saturated heterocycles. The minimum atomic E-state index is 0.668. The van der Waals surface area contributed by atoms with Crippen LogP contribution in [0.3, 0.4) is 0 Å². The number of rotatable bonds is 3. The molecule has 2 heterocycles. The molecule has 0 radical (unpaired) electrons. The lowest BCUT2D eigenvalue weighted by Crippen LogP contribution is -1.74. The largest absolute Gasteiger partial charge is 0.463 e. The lowest BCUT2D eigenvalue weighted by molar-refractivity contribution is 0.559. The van der Waals surface area contributed by atoms with E-state index in [0.29, 0.717) is 11.5 Å². The molecule has 2 rings (SSSR count). The standard InChI is InChI=1S/C10H8N2O2/c1-3-9(13-5-1)7-11-12-8-10-4-2-6-14-10/h1-8H/b11-7-,12-8+. The predicted molar refractivity (Wildman–Crippen MR) is 52.6 cm³/mol. The van der Waals surface area contributed by atoms with E-state index >= 15 is 0 Å². The number of hydrogen-bond acceptors (Lipinski definition) is 4. The first-order chi connectivity index (χ1) is 6.95. The molecule has 0 atom stereocenters. The summed E-state index contributed by atoms with van der Waals surface area (Å²) in [6.45, 7) is 0. The van der Waals surface area contributed by atoms with E-state index in [2.05, 4.69) is 10.2 Å². The SMILES string of the molecule is C(=N/N=C/c1ccco1)/c1ccco1. The van der Waals surface area contributed by atoms with Crippen molar-refractivity contribution in [2.45, 2.75) is 0 Å². The van der Waals surface area contributed by atoms with Gasteiger partial charge in [0.1, 0.15) is 11.5 Å². The second kappa shape index (κ2) is 4.23. The van der Waals surface area contributed by atoms with Crippen LogP contribution in [0.15, 0.2) is 55.8 Å². The monoisotopic (exact) mass is 188 g/mol. The van der Waals surface area contributed by atoms with Gasteiger partial charge in [-0.15, -0.1) is 0 Å². The van der Waals surface area contributed by atoms with E-state index in [1.807, 2.05) is 0 Å². The highest BCUT2D eigenvalue weighted by Gasteiger charge is 1.87. The van der Waals surface area contributed by atoms with Gasteiger partial charge in [0.2, 0.25) is 0 Å². The Balaban J connectivity index is 1.94. The van der Waals surface area contributed by atoms with Crippen molar-refractivity contribution in [1.29, 1.82) is 0 Å². The van der Waals surface area contributed by atoms with Gasteiger partial charge in [-0.2, -0.15) is 10.2 Å². The van der Waals surface area contributed by atoms with Gasteiger partial charge < -0.3 is 8.83 Å². The first-order valence-electron chi connectivity index (χ1n) is 4.08. The first-order valence-corrected chi connectivity index (χ1v) is 4.08. The molecule has 0 aliphatic carbocycles. The average Bonchev–Trinajstić information content (AvgIpc) is 2.86. The Labute approximate surface area is 80.6 Å². The molecule has 0 aliphatic rings. The van der Waals surface area contributed by atoms with Gasteiger partial charge in [0, 0.05) is 0 Å². The summed E-state index contributed by atoms with van der Waals surface area (Å²) in [4.78, 5) is 0. The fourth-order valence-electron chi connectivity index (χ4n) is 0.910. The van der Waals surface area contributed by atoms with Crippen LogP contribution in [-0.2, 0) is 0 Å². The van der Waals surface area contributed by atoms with Gasteiger partial charge in [0.05, 0.1) is 25.0 Å². The van der Waals surface area contributed by atoms with Crippen molar-refractivity contribution >= 4 is 12.4 Å². The molecule has 4 nitrogen and oxygen atoms in total. The Bertz CT molecular complexity index is 371. The van der Waals surface area contributed by atoms with Crippen molar-refractivity contribution in [3.8, 4) is 0 Å². The number of hydrogen-bond donors (Lipinski definition) is 0. The summed E-state index contributed by atoms with van der Waals surface area (Å²) in [5, 5.41) is 7.56. The zero-order valence-corrected chi connectivity index (χ0v) is 7.33. The van der Waals surface area contributed by atoms with E-state index < -0.39 is 0 Å². The molecule has 0 bridgehead atoms. The van der Waals surface area contributed by atoms with E-state index in [1.165, 1.54) is 12.4 Å². The van der Waals surface area contributed by atoms with Crippen LogP contribution < -0.4 is 0 Å². The van der Waals surface area contributed by atoms with Crippen LogP contribution in [0, 0.1) is 0 Å². The molecule has 0 amide bonds. The molecule has 4 heteroatoms. The van der Waals surface area contributed by atoms with Crippen molar-refractivity contribution in [3.63, 3.8) is 0 Å². The molecule has 70 valence electrons. The summed E-state index contributed by atoms with van der Waals surface area (Å²) >= 11 is 0. The second-order valence-electron chi connectivity index (χ2n) is 2.52. The average molecular weight is 188 g/mol. The summed E-state index contributed by atoms with van der Waals surface area (Å²) in [5.74, 6) is 1.34. The quantitative estimate of drug-likeness (QED) is 0.548. The third-order valence-electron chi connectivity index (χ3n) is 1.52. The van der Waals surface area contributed by atoms with Crippen molar-refractivity contribution < 1.29 is 8.83 Å². The Morgan fingerprint density at radius 3 is 1.71 bits per heavy atom. The van der Waals surface area contributed by atoms with Crippen molar-refractivity contribution in [2.75, 3.05) is 0 Å². The van der Waals surface area contributed by atoms with Crippen molar-refractivity contribution in [1.82, 2.24) is 0 Å². The maximum absolute atomic E-state index is 5.02. The molecule has 0 saturated carbocycles. The van der Waals surface area contributed by atoms with Crippen molar-refractivity contribution in [2.24, 2.45) is 10.2 Å². The molecule has 0 aliphatic heterocycles. The molecule has 0 aromatic carbocycles. The summed E-state index contributed by atoms with van der Waals surface area (Å²) < 4.78 is 10.0. The third-order valence-corrected chi connectivity index (χ3v) is 1.52. The highest BCUT2D eigenvalue weighted by atomic mass is 16.3. The second-order valence-corrected chi connectivity index (χ2v) is 2.52. The molecule has 14 heavy (non-hydrogen) atoms. The number of furan rings is 2. The smallest absolute Gasteiger partial charge is 0.146 e. The normalized spacial score (nSPS) is 11.7. The van der Waals surface area contributed by atoms with Gasteiger partial charge in [0.25, 0.3) is 0 Å². The Morgan fingerprint density at radius 2 is 1.36 bits per heavy atom. The summed E-state index contributed by atoms with van der Waals surface area (Å²) in [7, 11) is 0. The maximum Gasteiger partial charge on any atom is 0.146 e. The fourth-order valence-corrected chi connectivity index (χ4v) is 0.910. The van der Waals surface area contributed by atoms with Gasteiger partial charge >= 0.3 is 0 Å². The van der Waals surface area contributed by atoms with Crippen LogP contribution in [0.25, 0.3) is 0 Å². The van der Waals surface area contributed by atoms with Crippen molar-refractivity contribution in [3.05, 3.63) is 48.3 Å². The zero-order valence-electron chi connectivity index (χ0n) is 7.33. The fraction of sp³-hybridized carbons (Fsp3) is 0. The predicted octanol–water partition coefficient (Wildman–Crippen LogP) is 2.33. The molecule has 0 unspecified atom stereocenters. The minimum absolute atomic E-state index is 0.668. The molecule has 2 aromatic heterocycles. The minimum Gasteiger partial charge on any atom is -0.463 e. The van der Waals surface area contributed by atoms with E-state index in [9.17, 15) is 0 Å². The highest BCUT2D eigenvalue weighted by molar-refractivity contribution is 5.78. The molecule has 2 aromatic rings. The van der Waals surface area contributed by atoms with E-state index in [-0.39, 0.29) is 0 Å². The Morgan fingerprint density at radius 1 is 0.857 bits per heavy atom. The molecule has 0 N–H and O–H groups in total. The number of nitrogens with zero attached hydrogens (tertiary/aromatic N) is 2. The van der Waals surface area contributed by atoms with E-state index in [1.54, 1.807) is 36.8 Å². The first kappa shape index (κ1) is 8.50. The van der Waals surface area contributed by atoms with Gasteiger partial charge in [-0.25, -0.2) is 0 Å². The highest BCUT2D eigenvalue weighted by Crippen LogP contribution is 1.97. The van der Waals surface area contributed by atoms with Gasteiger partial charge in [-0.3, -0.25) is 0 Å². The molecule has 0 fully saturated rings. The molecular formula is C10H8N2O2. The third kappa shape index (κ3) is 2.20. The molecular weight excluding hydrogens is 180 g/mol. The van der Waals surface area contributed by atoms with Crippen LogP contribution in [0.4, 0.5) is 0 Å². The summed E-state index contributed by atoms with van der Waals surface area (Å²) in [6, 6.07) is 7.17. The van der Waals surface area contributed by atoms with Crippen LogP contribution >= 0.6 is 0 Å². The van der Waals surface area contributed by atoms with Crippen LogP contribution in [0.5, 0.6) is 0 Å². The Kier molecular flexibility index (Phi) is 2.56. The van der Waals surface area contributed by atoms with Crippen LogP contribution in [-0.4, -0.2) is 12.4 Å². The Hall–Kier alpha value is -2.10. The van der Waals surface area contributed by atoms with Gasteiger partial charge in [-0.1, -0.05) is 0 Å². The topological polar surface area (TPSA) is 51.0 Å². The summed E-state index contributed by atoms with van der Waals surface area (Å²) in [6.07, 6.45) is 6.22. The van der Waals surface area contributed by atoms with E-state index in [4.69, 9.17) is 8.83 Å². The van der Waals surface area contributed by atoms with Crippen LogP contribution in [0.2, 0.25) is 0 Å². The summed E-state index contributed by atoms with van der Waals surface area (Å²) in [5.41, 5.74) is 0. The lowest BCUT2D eigenvalue weighted by atomic mass is 10.5. The van der Waals surface area contributed by atoms with Gasteiger partial charge in [-0.05, 0) is 24.3 Å². The zero-order chi connectivity index (χ0) is 9.64. The van der Waals surface area contributed by atoms with E-state index in [0.717, 1.165) is 0 Å². The lowest BCUT2D eigenvalue weighted by Gasteiger charge is -1.80.